The Balaban J connectivity index is 1.42. The molecular weight excluding hydrogens is 749 g/mol. The predicted molar refractivity (Wildman–Crippen MR) is 224 cm³/mol. The Kier molecular flexibility index (Phi) is 14.8. The monoisotopic (exact) mass is 810 g/mol. The predicted octanol–water partition coefficient (Wildman–Crippen LogP) is 6.97. The molecule has 2 aromatic carbocycles. The fourth-order valence-electron chi connectivity index (χ4n) is 9.73. The van der Waals surface area contributed by atoms with E-state index in [4.69, 9.17) is 28.9 Å². The fraction of sp³-hybridized carbons (Fsp3) is 0.596. The zero-order valence-electron chi connectivity index (χ0n) is 34.6. The van der Waals surface area contributed by atoms with Crippen molar-refractivity contribution in [2.24, 2.45) is 22.9 Å². The summed E-state index contributed by atoms with van der Waals surface area (Å²) in [6.45, 7) is 11.2. The van der Waals surface area contributed by atoms with E-state index >= 15 is 0 Å². The number of unbranched alkanes of at least 4 members (excludes halogenated alkanes) is 2. The van der Waals surface area contributed by atoms with E-state index in [0.29, 0.717) is 62.3 Å². The first kappa shape index (κ1) is 42.9. The van der Waals surface area contributed by atoms with Crippen LogP contribution < -0.4 is 9.47 Å². The van der Waals surface area contributed by atoms with Gasteiger partial charge in [-0.25, -0.2) is 0 Å². The lowest BCUT2D eigenvalue weighted by Crippen LogP contribution is -2.70. The second-order valence-corrected chi connectivity index (χ2v) is 16.6. The Bertz CT molecular complexity index is 1830. The van der Waals surface area contributed by atoms with Crippen LogP contribution in [0.5, 0.6) is 11.5 Å². The summed E-state index contributed by atoms with van der Waals surface area (Å²) in [6, 6.07) is 14.4. The summed E-state index contributed by atoms with van der Waals surface area (Å²) >= 11 is 0. The van der Waals surface area contributed by atoms with Gasteiger partial charge in [0.25, 0.3) is 5.91 Å². The van der Waals surface area contributed by atoms with Crippen molar-refractivity contribution in [2.75, 3.05) is 59.2 Å². The van der Waals surface area contributed by atoms with Crippen LogP contribution in [0.3, 0.4) is 0 Å². The number of allylic oxidation sites excluding steroid dienone is 1. The van der Waals surface area contributed by atoms with Gasteiger partial charge in [0.1, 0.15) is 24.1 Å². The highest BCUT2D eigenvalue weighted by atomic mass is 16.8. The number of rotatable bonds is 21. The molecule has 3 fully saturated rings. The molecule has 0 radical (unpaired) electrons. The standard InChI is InChI=1S/C47H62N4O8/c1-3-20-51(46(54)34-16-14-33(32-48)15-17-34)42-31-40(49-59-43-13-7-10-27-56-43)38-29-35(11-5-8-24-52)37(12-6-9-25-53)44-39-30-36(55-28-23-50-21-22-50)18-19-41(39)58-47(42,45(38)44)57-26-4-2/h4,14-19,29-30,35,37,42-45,52-53H,2-3,5-13,20-28,31H2,1H3/t35-,37+,42-,43?,44+,45+,47+/m0/s1. The highest BCUT2D eigenvalue weighted by Gasteiger charge is 2.65. The van der Waals surface area contributed by atoms with Crippen molar-refractivity contribution in [3.63, 3.8) is 0 Å². The van der Waals surface area contributed by atoms with Crippen LogP contribution in [0.2, 0.25) is 0 Å². The molecule has 2 aromatic rings. The van der Waals surface area contributed by atoms with Crippen molar-refractivity contribution in [1.29, 1.82) is 5.26 Å². The van der Waals surface area contributed by atoms with Crippen LogP contribution in [0.1, 0.15) is 105 Å². The van der Waals surface area contributed by atoms with Crippen LogP contribution in [-0.2, 0) is 14.3 Å². The number of hydrogen-bond donors (Lipinski definition) is 2. The van der Waals surface area contributed by atoms with Gasteiger partial charge >= 0.3 is 0 Å². The van der Waals surface area contributed by atoms with Crippen LogP contribution >= 0.6 is 0 Å². The summed E-state index contributed by atoms with van der Waals surface area (Å²) in [5.74, 6) is -0.428. The van der Waals surface area contributed by atoms with Crippen molar-refractivity contribution in [3.05, 3.63) is 83.5 Å². The first-order chi connectivity index (χ1) is 28.9. The molecule has 1 unspecified atom stereocenters. The van der Waals surface area contributed by atoms with Gasteiger partial charge < -0.3 is 38.9 Å². The molecule has 2 N–H and O–H groups in total. The van der Waals surface area contributed by atoms with Gasteiger partial charge in [0.15, 0.2) is 0 Å². The highest BCUT2D eigenvalue weighted by molar-refractivity contribution is 6.03. The van der Waals surface area contributed by atoms with E-state index in [1.54, 1.807) is 30.3 Å². The quantitative estimate of drug-likeness (QED) is 0.0587. The first-order valence-electron chi connectivity index (χ1n) is 22.0. The van der Waals surface area contributed by atoms with Gasteiger partial charge in [-0.1, -0.05) is 37.1 Å². The van der Waals surface area contributed by atoms with E-state index < -0.39 is 24.0 Å². The van der Waals surface area contributed by atoms with E-state index in [2.05, 4.69) is 36.6 Å². The van der Waals surface area contributed by atoms with Crippen molar-refractivity contribution >= 4 is 11.6 Å². The molecule has 7 atom stereocenters. The zero-order valence-corrected chi connectivity index (χ0v) is 34.6. The lowest BCUT2D eigenvalue weighted by molar-refractivity contribution is -0.254. The van der Waals surface area contributed by atoms with E-state index in [1.165, 1.54) is 0 Å². The maximum Gasteiger partial charge on any atom is 0.254 e. The van der Waals surface area contributed by atoms with Gasteiger partial charge in [-0.05, 0) is 105 Å². The summed E-state index contributed by atoms with van der Waals surface area (Å²) in [6.07, 6.45) is 12.1. The Hall–Kier alpha value is -4.25. The summed E-state index contributed by atoms with van der Waals surface area (Å²) < 4.78 is 26.9. The van der Waals surface area contributed by atoms with E-state index in [9.17, 15) is 20.3 Å². The topological polar surface area (TPSA) is 146 Å². The minimum atomic E-state index is -1.36. The molecule has 12 heteroatoms. The lowest BCUT2D eigenvalue weighted by Gasteiger charge is -2.60. The maximum absolute atomic E-state index is 14.9. The summed E-state index contributed by atoms with van der Waals surface area (Å²) in [5.41, 5.74) is 3.70. The molecule has 1 amide bonds. The molecule has 0 aromatic heterocycles. The number of aliphatic hydroxyl groups excluding tert-OH is 2. The number of carbonyl (C=O) groups is 1. The molecule has 3 aliphatic heterocycles. The van der Waals surface area contributed by atoms with E-state index in [0.717, 1.165) is 87.2 Å². The smallest absolute Gasteiger partial charge is 0.254 e. The van der Waals surface area contributed by atoms with Gasteiger partial charge in [-0.3, -0.25) is 9.69 Å². The third-order valence-electron chi connectivity index (χ3n) is 12.6. The van der Waals surface area contributed by atoms with Crippen LogP contribution in [0, 0.1) is 29.1 Å². The number of nitriles is 1. The van der Waals surface area contributed by atoms with E-state index in [-0.39, 0.29) is 43.5 Å². The average molecular weight is 811 g/mol. The molecule has 2 aliphatic carbocycles. The molecule has 3 heterocycles. The minimum Gasteiger partial charge on any atom is -0.492 e. The van der Waals surface area contributed by atoms with Crippen LogP contribution in [0.4, 0.5) is 0 Å². The van der Waals surface area contributed by atoms with Crippen molar-refractivity contribution in [1.82, 2.24) is 9.80 Å². The molecule has 1 saturated carbocycles. The summed E-state index contributed by atoms with van der Waals surface area (Å²) in [4.78, 5) is 25.4. The van der Waals surface area contributed by atoms with Gasteiger partial charge in [0, 0.05) is 69.3 Å². The van der Waals surface area contributed by atoms with Crippen molar-refractivity contribution < 1.29 is 38.8 Å². The lowest BCUT2D eigenvalue weighted by atomic mass is 9.55. The number of hydrogen-bond acceptors (Lipinski definition) is 11. The number of fused-ring (bicyclic) bond motifs is 2. The van der Waals surface area contributed by atoms with Crippen LogP contribution in [0.25, 0.3) is 0 Å². The molecule has 2 saturated heterocycles. The second kappa shape index (κ2) is 20.3. The summed E-state index contributed by atoms with van der Waals surface area (Å²) in [5, 5.41) is 34.3. The number of oxime groups is 1. The number of aliphatic hydroxyl groups is 2. The van der Waals surface area contributed by atoms with Gasteiger partial charge in [0.05, 0.1) is 36.5 Å². The third-order valence-corrected chi connectivity index (χ3v) is 12.6. The Morgan fingerprint density at radius 3 is 2.59 bits per heavy atom. The SMILES string of the molecule is C=CCO[C@@]12Oc3ccc(OCCN4CC4)cc3[C@H]3[C@H](CCCCO)[C@@H](CCCCO)C=C(C(=NOC4CCCCO4)C[C@@H]1N(CCC)C(=O)c1ccc(C#N)cc1)[C@H]32. The molecule has 12 nitrogen and oxygen atoms in total. The third kappa shape index (κ3) is 9.71. The fourth-order valence-corrected chi connectivity index (χ4v) is 9.73. The van der Waals surface area contributed by atoms with Crippen molar-refractivity contribution in [2.45, 2.75) is 102 Å². The number of benzene rings is 2. The van der Waals surface area contributed by atoms with Gasteiger partial charge in [-0.2, -0.15) is 5.26 Å². The summed E-state index contributed by atoms with van der Waals surface area (Å²) in [7, 11) is 0. The number of carbonyl (C=O) groups excluding carboxylic acids is 1. The van der Waals surface area contributed by atoms with Crippen LogP contribution in [-0.4, -0.2) is 109 Å². The molecule has 59 heavy (non-hydrogen) atoms. The number of amides is 1. The van der Waals surface area contributed by atoms with Crippen molar-refractivity contribution in [3.8, 4) is 17.6 Å². The largest absolute Gasteiger partial charge is 0.492 e. The molecule has 7 rings (SSSR count). The molecule has 5 aliphatic rings. The van der Waals surface area contributed by atoms with Gasteiger partial charge in [-0.15, -0.1) is 6.58 Å². The average Bonchev–Trinajstić information content (AvgIpc) is 4.10. The molecule has 318 valence electrons. The Morgan fingerprint density at radius 1 is 1.10 bits per heavy atom. The minimum absolute atomic E-state index is 0.104. The molecule has 0 spiro atoms. The first-order valence-corrected chi connectivity index (χ1v) is 22.0. The number of ether oxygens (including phenoxy) is 4. The maximum atomic E-state index is 14.9. The second-order valence-electron chi connectivity index (χ2n) is 16.6. The molecule has 0 bridgehead atoms. The number of nitrogens with zero attached hydrogens (tertiary/aromatic N) is 4. The normalized spacial score (nSPS) is 27.7. The Labute approximate surface area is 349 Å². The van der Waals surface area contributed by atoms with E-state index in [1.807, 2.05) is 17.0 Å². The molecular formula is C47H62N4O8. The highest BCUT2D eigenvalue weighted by Crippen LogP contribution is 2.62. The Morgan fingerprint density at radius 2 is 1.90 bits per heavy atom. The van der Waals surface area contributed by atoms with Crippen LogP contribution in [0.15, 0.2) is 71.9 Å². The van der Waals surface area contributed by atoms with Gasteiger partial charge in [0.2, 0.25) is 12.1 Å². The zero-order chi connectivity index (χ0) is 41.2.